The van der Waals surface area contributed by atoms with Crippen molar-refractivity contribution in [3.05, 3.63) is 58.9 Å². The molecule has 6 heteroatoms. The molecule has 0 unspecified atom stereocenters. The van der Waals surface area contributed by atoms with Crippen molar-refractivity contribution in [1.29, 1.82) is 0 Å². The van der Waals surface area contributed by atoms with Crippen LogP contribution in [0.3, 0.4) is 0 Å². The van der Waals surface area contributed by atoms with Gasteiger partial charge < -0.3 is 0 Å². The number of hydrogen-bond acceptors (Lipinski definition) is 2. The Labute approximate surface area is 130 Å². The van der Waals surface area contributed by atoms with Crippen LogP contribution in [0.5, 0.6) is 0 Å². The summed E-state index contributed by atoms with van der Waals surface area (Å²) < 4.78 is 39.8. The number of benzene rings is 1. The zero-order valence-corrected chi connectivity index (χ0v) is 12.5. The Kier molecular flexibility index (Phi) is 3.47. The lowest BCUT2D eigenvalue weighted by atomic mass is 10.0. The number of aldehydes is 1. The Morgan fingerprint density at radius 3 is 2.43 bits per heavy atom. The molecular formula is C17H13F3N2O. The predicted molar refractivity (Wildman–Crippen MR) is 80.5 cm³/mol. The molecule has 0 radical (unpaired) electrons. The fraction of sp³-hybridized carbons (Fsp3) is 0.176. The van der Waals surface area contributed by atoms with Gasteiger partial charge in [0.15, 0.2) is 6.29 Å². The fourth-order valence-corrected chi connectivity index (χ4v) is 2.44. The summed E-state index contributed by atoms with van der Waals surface area (Å²) in [6, 6.07) is 7.79. The average molecular weight is 318 g/mol. The van der Waals surface area contributed by atoms with Gasteiger partial charge in [-0.1, -0.05) is 12.1 Å². The quantitative estimate of drug-likeness (QED) is 0.654. The van der Waals surface area contributed by atoms with Gasteiger partial charge in [-0.25, -0.2) is 4.98 Å². The normalized spacial score (nSPS) is 11.9. The van der Waals surface area contributed by atoms with E-state index in [1.807, 2.05) is 32.0 Å². The van der Waals surface area contributed by atoms with Crippen LogP contribution in [0.2, 0.25) is 0 Å². The highest BCUT2D eigenvalue weighted by Gasteiger charge is 2.31. The number of aryl methyl sites for hydroxylation is 2. The minimum absolute atomic E-state index is 0.106. The highest BCUT2D eigenvalue weighted by molar-refractivity contribution is 5.86. The minimum atomic E-state index is -4.47. The number of aromatic nitrogens is 2. The lowest BCUT2D eigenvalue weighted by Crippen LogP contribution is -2.06. The van der Waals surface area contributed by atoms with Gasteiger partial charge in [0.25, 0.3) is 0 Å². The molecule has 0 saturated heterocycles. The molecule has 3 aromatic rings. The molecular weight excluding hydrogens is 305 g/mol. The number of imidazole rings is 1. The number of pyridine rings is 1. The van der Waals surface area contributed by atoms with E-state index in [1.165, 1.54) is 10.5 Å². The van der Waals surface area contributed by atoms with E-state index in [4.69, 9.17) is 0 Å². The van der Waals surface area contributed by atoms with E-state index in [-0.39, 0.29) is 5.69 Å². The Balaban J connectivity index is 2.25. The third-order valence-corrected chi connectivity index (χ3v) is 3.87. The summed E-state index contributed by atoms with van der Waals surface area (Å²) in [5.74, 6) is 0. The summed E-state index contributed by atoms with van der Waals surface area (Å²) in [6.07, 6.45) is -3.04. The fourth-order valence-electron chi connectivity index (χ4n) is 2.44. The summed E-state index contributed by atoms with van der Waals surface area (Å²) in [5, 5.41) is 0. The molecule has 0 amide bonds. The molecule has 0 spiro atoms. The first-order valence-electron chi connectivity index (χ1n) is 6.93. The number of carbonyl (C=O) groups is 1. The van der Waals surface area contributed by atoms with Crippen molar-refractivity contribution in [1.82, 2.24) is 9.38 Å². The van der Waals surface area contributed by atoms with Crippen molar-refractivity contribution in [2.75, 3.05) is 0 Å². The molecule has 0 N–H and O–H groups in total. The lowest BCUT2D eigenvalue weighted by Gasteiger charge is -2.07. The highest BCUT2D eigenvalue weighted by atomic mass is 19.4. The molecule has 3 rings (SSSR count). The van der Waals surface area contributed by atoms with Crippen molar-refractivity contribution in [3.8, 4) is 11.3 Å². The molecule has 0 bridgehead atoms. The number of fused-ring (bicyclic) bond motifs is 1. The van der Waals surface area contributed by atoms with Crippen molar-refractivity contribution < 1.29 is 18.0 Å². The third-order valence-electron chi connectivity index (χ3n) is 3.87. The number of hydrogen-bond donors (Lipinski definition) is 0. The molecule has 3 nitrogen and oxygen atoms in total. The van der Waals surface area contributed by atoms with Crippen LogP contribution in [0.15, 0.2) is 36.5 Å². The van der Waals surface area contributed by atoms with Crippen molar-refractivity contribution >= 4 is 11.9 Å². The van der Waals surface area contributed by atoms with Crippen LogP contribution in [-0.2, 0) is 6.18 Å². The second kappa shape index (κ2) is 5.22. The Morgan fingerprint density at radius 1 is 1.09 bits per heavy atom. The van der Waals surface area contributed by atoms with Crippen LogP contribution >= 0.6 is 0 Å². The van der Waals surface area contributed by atoms with Crippen LogP contribution in [0, 0.1) is 13.8 Å². The van der Waals surface area contributed by atoms with Crippen LogP contribution in [0.25, 0.3) is 16.9 Å². The SMILES string of the molecule is Cc1ccc(-c2nc3ccc(C(F)(F)F)cn3c2C=O)cc1C. The van der Waals surface area contributed by atoms with Gasteiger partial charge in [0, 0.05) is 11.8 Å². The topological polar surface area (TPSA) is 34.4 Å². The summed E-state index contributed by atoms with van der Waals surface area (Å²) in [4.78, 5) is 15.8. The molecule has 0 aliphatic rings. The van der Waals surface area contributed by atoms with E-state index in [0.29, 0.717) is 23.2 Å². The number of carbonyl (C=O) groups excluding carboxylic acids is 1. The molecule has 1 aromatic carbocycles. The second-order valence-electron chi connectivity index (χ2n) is 5.41. The molecule has 23 heavy (non-hydrogen) atoms. The van der Waals surface area contributed by atoms with Crippen LogP contribution in [0.1, 0.15) is 27.2 Å². The van der Waals surface area contributed by atoms with Gasteiger partial charge in [-0.05, 0) is 43.2 Å². The largest absolute Gasteiger partial charge is 0.417 e. The van der Waals surface area contributed by atoms with E-state index in [0.717, 1.165) is 23.4 Å². The van der Waals surface area contributed by atoms with Gasteiger partial charge in [-0.15, -0.1) is 0 Å². The average Bonchev–Trinajstić information content (AvgIpc) is 2.86. The molecule has 2 heterocycles. The summed E-state index contributed by atoms with van der Waals surface area (Å²) in [7, 11) is 0. The smallest absolute Gasteiger partial charge is 0.296 e. The van der Waals surface area contributed by atoms with Gasteiger partial charge in [-0.2, -0.15) is 13.2 Å². The van der Waals surface area contributed by atoms with Gasteiger partial charge >= 0.3 is 6.18 Å². The van der Waals surface area contributed by atoms with Gasteiger partial charge in [0.2, 0.25) is 0 Å². The summed E-state index contributed by atoms with van der Waals surface area (Å²) in [6.45, 7) is 3.88. The summed E-state index contributed by atoms with van der Waals surface area (Å²) >= 11 is 0. The van der Waals surface area contributed by atoms with Crippen molar-refractivity contribution in [2.24, 2.45) is 0 Å². The van der Waals surface area contributed by atoms with E-state index < -0.39 is 11.7 Å². The molecule has 0 aliphatic carbocycles. The van der Waals surface area contributed by atoms with Crippen molar-refractivity contribution in [2.45, 2.75) is 20.0 Å². The zero-order valence-electron chi connectivity index (χ0n) is 12.5. The molecule has 2 aromatic heterocycles. The van der Waals surface area contributed by atoms with Gasteiger partial charge in [0.05, 0.1) is 5.56 Å². The highest BCUT2D eigenvalue weighted by Crippen LogP contribution is 2.31. The summed E-state index contributed by atoms with van der Waals surface area (Å²) in [5.41, 5.74) is 2.77. The van der Waals surface area contributed by atoms with E-state index in [9.17, 15) is 18.0 Å². The maximum Gasteiger partial charge on any atom is 0.417 e. The number of nitrogens with zero attached hydrogens (tertiary/aromatic N) is 2. The number of halogens is 3. The standard InChI is InChI=1S/C17H13F3N2O/c1-10-3-4-12(7-11(10)2)16-14(9-23)22-8-13(17(18,19)20)5-6-15(22)21-16/h3-9H,1-2H3. The van der Waals surface area contributed by atoms with E-state index in [2.05, 4.69) is 4.98 Å². The molecule has 0 aliphatic heterocycles. The third kappa shape index (κ3) is 2.60. The first-order valence-corrected chi connectivity index (χ1v) is 6.93. The van der Waals surface area contributed by atoms with E-state index >= 15 is 0 Å². The predicted octanol–water partition coefficient (Wildman–Crippen LogP) is 4.45. The molecule has 0 saturated carbocycles. The van der Waals surface area contributed by atoms with Crippen molar-refractivity contribution in [3.63, 3.8) is 0 Å². The van der Waals surface area contributed by atoms with E-state index in [1.54, 1.807) is 0 Å². The maximum atomic E-state index is 12.9. The molecule has 0 fully saturated rings. The Morgan fingerprint density at radius 2 is 1.83 bits per heavy atom. The maximum absolute atomic E-state index is 12.9. The van der Waals surface area contributed by atoms with Gasteiger partial charge in [-0.3, -0.25) is 9.20 Å². The monoisotopic (exact) mass is 318 g/mol. The van der Waals surface area contributed by atoms with Crippen LogP contribution in [-0.4, -0.2) is 15.7 Å². The van der Waals surface area contributed by atoms with Crippen LogP contribution < -0.4 is 0 Å². The van der Waals surface area contributed by atoms with Crippen LogP contribution in [0.4, 0.5) is 13.2 Å². The first kappa shape index (κ1) is 15.3. The second-order valence-corrected chi connectivity index (χ2v) is 5.41. The van der Waals surface area contributed by atoms with Gasteiger partial charge in [0.1, 0.15) is 17.0 Å². The lowest BCUT2D eigenvalue weighted by molar-refractivity contribution is -0.137. The Hall–Kier alpha value is -2.63. The molecule has 118 valence electrons. The zero-order chi connectivity index (χ0) is 16.8. The number of alkyl halides is 3. The molecule has 0 atom stereocenters. The minimum Gasteiger partial charge on any atom is -0.296 e. The number of rotatable bonds is 2. The Bertz CT molecular complexity index is 910. The first-order chi connectivity index (χ1) is 10.8.